The zero-order chi connectivity index (χ0) is 8.27. The molecule has 1 aromatic rings. The van der Waals surface area contributed by atoms with Gasteiger partial charge in [0.2, 0.25) is 0 Å². The van der Waals surface area contributed by atoms with Crippen molar-refractivity contribution in [1.82, 2.24) is 0 Å². The average Bonchev–Trinajstić information content (AvgIpc) is 1.93. The minimum absolute atomic E-state index is 0.469. The number of benzene rings is 1. The third kappa shape index (κ3) is 3.00. The van der Waals surface area contributed by atoms with Crippen LogP contribution in [0.5, 0.6) is 5.75 Å². The Balaban J connectivity index is 2.74. The van der Waals surface area contributed by atoms with Crippen molar-refractivity contribution in [1.29, 1.82) is 0 Å². The number of aryl methyl sites for hydroxylation is 1. The molecule has 0 aromatic heterocycles. The Morgan fingerprint density at radius 3 is 2.36 bits per heavy atom. The van der Waals surface area contributed by atoms with Crippen LogP contribution in [0.25, 0.3) is 0 Å². The van der Waals surface area contributed by atoms with Crippen molar-refractivity contribution in [2.24, 2.45) is 0 Å². The van der Waals surface area contributed by atoms with Gasteiger partial charge in [0.25, 0.3) is 0 Å². The quantitative estimate of drug-likeness (QED) is 0.801. The fraction of sp³-hybridized carbons (Fsp3) is 0.143. The van der Waals surface area contributed by atoms with Gasteiger partial charge in [0.15, 0.2) is 0 Å². The molecule has 0 amide bonds. The topological polar surface area (TPSA) is 46.5 Å². The Bertz CT molecular complexity index is 255. The standard InChI is InChI=1S/C7H8O.H2O.O.Sb/c1-6-2-4-7(8)5-3-6;;;/h2-5,8H,1H3;1H2;;/q;;;+2/p-2. The summed E-state index contributed by atoms with van der Waals surface area (Å²) < 4.78 is 23.4. The summed E-state index contributed by atoms with van der Waals surface area (Å²) in [6.45, 7) is 1.94. The zero-order valence-corrected chi connectivity index (χ0v) is 8.57. The van der Waals surface area contributed by atoms with Gasteiger partial charge in [-0.25, -0.2) is 0 Å². The summed E-state index contributed by atoms with van der Waals surface area (Å²) >= 11 is -3.54. The van der Waals surface area contributed by atoms with Gasteiger partial charge >= 0.3 is 73.0 Å². The molecule has 59 valence electrons. The molecule has 1 aromatic carbocycles. The van der Waals surface area contributed by atoms with Gasteiger partial charge in [0.1, 0.15) is 0 Å². The summed E-state index contributed by atoms with van der Waals surface area (Å²) in [5, 5.41) is 0. The van der Waals surface area contributed by atoms with E-state index in [1.807, 2.05) is 19.1 Å². The van der Waals surface area contributed by atoms with Crippen molar-refractivity contribution in [2.45, 2.75) is 6.92 Å². The summed E-state index contributed by atoms with van der Waals surface area (Å²) in [5.74, 6) is 0.469. The first-order valence-electron chi connectivity index (χ1n) is 3.09. The van der Waals surface area contributed by atoms with Gasteiger partial charge in [-0.2, -0.15) is 0 Å². The molecule has 0 saturated heterocycles. The normalized spacial score (nSPS) is 9.27. The first-order valence-corrected chi connectivity index (χ1v) is 6.32. The zero-order valence-electron chi connectivity index (χ0n) is 6.02. The van der Waals surface area contributed by atoms with Crippen molar-refractivity contribution in [3.8, 4) is 5.75 Å². The maximum atomic E-state index is 10.3. The maximum absolute atomic E-state index is 10.3. The fourth-order valence-electron chi connectivity index (χ4n) is 0.689. The van der Waals surface area contributed by atoms with E-state index in [1.54, 1.807) is 12.1 Å². The van der Waals surface area contributed by atoms with Gasteiger partial charge in [0.05, 0.1) is 0 Å². The molecule has 1 rings (SSSR count). The first kappa shape index (κ1) is 8.69. The number of hydrogen-bond donors (Lipinski definition) is 1. The van der Waals surface area contributed by atoms with Crippen LogP contribution < -0.4 is 3.02 Å². The van der Waals surface area contributed by atoms with E-state index < -0.39 is 21.0 Å². The molecule has 11 heavy (non-hydrogen) atoms. The Morgan fingerprint density at radius 2 is 1.91 bits per heavy atom. The summed E-state index contributed by atoms with van der Waals surface area (Å²) in [6.07, 6.45) is 0. The van der Waals surface area contributed by atoms with Crippen molar-refractivity contribution in [3.63, 3.8) is 0 Å². The van der Waals surface area contributed by atoms with Crippen LogP contribution in [0.15, 0.2) is 24.3 Å². The van der Waals surface area contributed by atoms with Crippen LogP contribution in [0.1, 0.15) is 5.56 Å². The van der Waals surface area contributed by atoms with Crippen molar-refractivity contribution < 1.29 is 9.42 Å². The Kier molecular flexibility index (Phi) is 3.03. The predicted molar refractivity (Wildman–Crippen MR) is 40.5 cm³/mol. The fourth-order valence-corrected chi connectivity index (χ4v) is 1.55. The van der Waals surface area contributed by atoms with E-state index in [9.17, 15) is 3.02 Å². The second-order valence-corrected chi connectivity index (χ2v) is 4.02. The van der Waals surface area contributed by atoms with Gasteiger partial charge in [0, 0.05) is 0 Å². The molecule has 0 fully saturated rings. The molecule has 0 heterocycles. The summed E-state index contributed by atoms with van der Waals surface area (Å²) in [4.78, 5) is 0. The summed E-state index contributed by atoms with van der Waals surface area (Å²) in [7, 11) is 0. The van der Waals surface area contributed by atoms with Crippen LogP contribution in [-0.4, -0.2) is 24.4 Å². The molecule has 0 aliphatic carbocycles. The molecule has 0 aliphatic heterocycles. The first-order chi connectivity index (χ1) is 5.18. The van der Waals surface area contributed by atoms with Crippen LogP contribution >= 0.6 is 0 Å². The average molecular weight is 262 g/mol. The molecule has 0 bridgehead atoms. The van der Waals surface area contributed by atoms with Gasteiger partial charge < -0.3 is 0 Å². The van der Waals surface area contributed by atoms with E-state index in [-0.39, 0.29) is 0 Å². The Morgan fingerprint density at radius 1 is 1.36 bits per heavy atom. The molecule has 0 saturated carbocycles. The van der Waals surface area contributed by atoms with Crippen LogP contribution in [0.3, 0.4) is 0 Å². The molecular weight excluding hydrogens is 254 g/mol. The molecule has 1 radical (unpaired) electrons. The SMILES string of the molecule is Cc1ccc([O][Sb](=[O])[OH])cc1. The van der Waals surface area contributed by atoms with Crippen molar-refractivity contribution >= 4 is 21.0 Å². The monoisotopic (exact) mass is 261 g/mol. The number of hydrogen-bond acceptors (Lipinski definition) is 2. The molecule has 3 nitrogen and oxygen atoms in total. The van der Waals surface area contributed by atoms with E-state index in [4.69, 9.17) is 3.39 Å². The Hall–Kier alpha value is -0.402. The van der Waals surface area contributed by atoms with Crippen molar-refractivity contribution in [3.05, 3.63) is 29.8 Å². The molecule has 4 heteroatoms. The molecule has 0 unspecified atom stereocenters. The number of rotatable bonds is 2. The van der Waals surface area contributed by atoms with Gasteiger partial charge in [-0.15, -0.1) is 0 Å². The van der Waals surface area contributed by atoms with Gasteiger partial charge in [-0.05, 0) is 0 Å². The molecule has 0 spiro atoms. The van der Waals surface area contributed by atoms with Crippen LogP contribution in [0.4, 0.5) is 0 Å². The third-order valence-electron chi connectivity index (χ3n) is 1.20. The second kappa shape index (κ2) is 3.84. The van der Waals surface area contributed by atoms with Crippen LogP contribution in [0, 0.1) is 6.92 Å². The van der Waals surface area contributed by atoms with Crippen LogP contribution in [-0.2, 0) is 3.02 Å². The minimum atomic E-state index is -3.54. The molecule has 0 atom stereocenters. The van der Waals surface area contributed by atoms with E-state index in [1.165, 1.54) is 0 Å². The van der Waals surface area contributed by atoms with E-state index in [0.29, 0.717) is 5.75 Å². The molecule has 0 aliphatic rings. The van der Waals surface area contributed by atoms with E-state index in [2.05, 4.69) is 3.02 Å². The van der Waals surface area contributed by atoms with Crippen molar-refractivity contribution in [2.75, 3.05) is 0 Å². The Labute approximate surface area is 73.1 Å². The summed E-state index contributed by atoms with van der Waals surface area (Å²) in [6, 6.07) is 7.03. The van der Waals surface area contributed by atoms with E-state index in [0.717, 1.165) is 5.56 Å². The molecule has 1 N–H and O–H groups in total. The van der Waals surface area contributed by atoms with Gasteiger partial charge in [-0.3, -0.25) is 0 Å². The third-order valence-corrected chi connectivity index (χ3v) is 2.25. The second-order valence-electron chi connectivity index (χ2n) is 2.14. The predicted octanol–water partition coefficient (Wildman–Crippen LogP) is 0.782. The molecular formula is C7H8O3Sb. The van der Waals surface area contributed by atoms with Crippen LogP contribution in [0.2, 0.25) is 0 Å². The summed E-state index contributed by atoms with van der Waals surface area (Å²) in [5.41, 5.74) is 1.10. The van der Waals surface area contributed by atoms with Gasteiger partial charge in [-0.1, -0.05) is 0 Å². The van der Waals surface area contributed by atoms with E-state index >= 15 is 0 Å².